The van der Waals surface area contributed by atoms with Crippen LogP contribution in [-0.2, 0) is 0 Å². The van der Waals surface area contributed by atoms with E-state index in [-0.39, 0.29) is 0 Å². The first-order valence-corrected chi connectivity index (χ1v) is 5.96. The Morgan fingerprint density at radius 2 is 1.63 bits per heavy atom. The minimum atomic E-state index is 0.456. The van der Waals surface area contributed by atoms with Crippen LogP contribution in [0.1, 0.15) is 0 Å². The molecule has 2 aromatic rings. The van der Waals surface area contributed by atoms with Gasteiger partial charge >= 0.3 is 0 Å². The summed E-state index contributed by atoms with van der Waals surface area (Å²) in [6.07, 6.45) is 0. The highest BCUT2D eigenvalue weighted by Crippen LogP contribution is 2.38. The van der Waals surface area contributed by atoms with Crippen molar-refractivity contribution in [3.05, 3.63) is 41.4 Å². The van der Waals surface area contributed by atoms with Gasteiger partial charge < -0.3 is 19.9 Å². The summed E-state index contributed by atoms with van der Waals surface area (Å²) in [4.78, 5) is 0. The van der Waals surface area contributed by atoms with Crippen molar-refractivity contribution >= 4 is 17.3 Å². The van der Waals surface area contributed by atoms with Gasteiger partial charge in [0, 0.05) is 17.2 Å². The standard InChI is InChI=1S/C14H14ClNO3/c1-17-13-7-11(16)12(8-14(13)18-2)19-10-5-3-4-9(15)6-10/h3-8H,16H2,1-2H3. The number of anilines is 1. The van der Waals surface area contributed by atoms with E-state index in [1.165, 1.54) is 0 Å². The molecule has 4 nitrogen and oxygen atoms in total. The second-order valence-corrected chi connectivity index (χ2v) is 4.24. The molecule has 5 heteroatoms. The first-order valence-electron chi connectivity index (χ1n) is 5.59. The van der Waals surface area contributed by atoms with E-state index in [0.29, 0.717) is 33.7 Å². The van der Waals surface area contributed by atoms with Crippen LogP contribution in [0.3, 0.4) is 0 Å². The van der Waals surface area contributed by atoms with E-state index in [4.69, 9.17) is 31.5 Å². The number of benzene rings is 2. The molecule has 0 aliphatic carbocycles. The van der Waals surface area contributed by atoms with Crippen LogP contribution in [0.2, 0.25) is 5.02 Å². The van der Waals surface area contributed by atoms with Crippen molar-refractivity contribution in [3.8, 4) is 23.0 Å². The molecule has 0 spiro atoms. The molecule has 0 saturated heterocycles. The summed E-state index contributed by atoms with van der Waals surface area (Å²) in [5, 5.41) is 0.594. The van der Waals surface area contributed by atoms with Crippen molar-refractivity contribution in [1.29, 1.82) is 0 Å². The molecule has 19 heavy (non-hydrogen) atoms. The van der Waals surface area contributed by atoms with Crippen LogP contribution < -0.4 is 19.9 Å². The summed E-state index contributed by atoms with van der Waals surface area (Å²) < 4.78 is 16.1. The fourth-order valence-electron chi connectivity index (χ4n) is 1.62. The van der Waals surface area contributed by atoms with Gasteiger partial charge in [-0.05, 0) is 18.2 Å². The second-order valence-electron chi connectivity index (χ2n) is 3.80. The van der Waals surface area contributed by atoms with Gasteiger partial charge in [0.1, 0.15) is 5.75 Å². The molecule has 2 N–H and O–H groups in total. The molecule has 0 amide bonds. The van der Waals surface area contributed by atoms with Crippen molar-refractivity contribution < 1.29 is 14.2 Å². The highest BCUT2D eigenvalue weighted by molar-refractivity contribution is 6.30. The smallest absolute Gasteiger partial charge is 0.164 e. The van der Waals surface area contributed by atoms with Gasteiger partial charge in [0.05, 0.1) is 19.9 Å². The first-order chi connectivity index (χ1) is 9.13. The fourth-order valence-corrected chi connectivity index (χ4v) is 1.80. The zero-order valence-corrected chi connectivity index (χ0v) is 11.4. The topological polar surface area (TPSA) is 53.7 Å². The van der Waals surface area contributed by atoms with E-state index in [1.54, 1.807) is 50.6 Å². The summed E-state index contributed by atoms with van der Waals surface area (Å²) in [6, 6.07) is 10.4. The molecular formula is C14H14ClNO3. The maximum absolute atomic E-state index is 5.91. The van der Waals surface area contributed by atoms with Crippen LogP contribution in [0.5, 0.6) is 23.0 Å². The van der Waals surface area contributed by atoms with Gasteiger partial charge in [0.2, 0.25) is 0 Å². The Morgan fingerprint density at radius 3 is 2.26 bits per heavy atom. The number of nitrogens with two attached hydrogens (primary N) is 1. The molecule has 2 rings (SSSR count). The molecule has 0 unspecified atom stereocenters. The molecule has 0 aliphatic heterocycles. The summed E-state index contributed by atoms with van der Waals surface area (Å²) in [7, 11) is 3.10. The number of methoxy groups -OCH3 is 2. The number of ether oxygens (including phenoxy) is 3. The Labute approximate surface area is 116 Å². The molecule has 0 atom stereocenters. The van der Waals surface area contributed by atoms with E-state index < -0.39 is 0 Å². The Bertz CT molecular complexity index is 587. The summed E-state index contributed by atoms with van der Waals surface area (Å²) >= 11 is 5.90. The molecule has 0 heterocycles. The molecule has 0 aliphatic rings. The third kappa shape index (κ3) is 3.03. The number of nitrogen functional groups attached to an aromatic ring is 1. The van der Waals surface area contributed by atoms with Crippen molar-refractivity contribution in [1.82, 2.24) is 0 Å². The minimum Gasteiger partial charge on any atom is -0.493 e. The summed E-state index contributed by atoms with van der Waals surface area (Å²) in [5.74, 6) is 2.19. The Morgan fingerprint density at radius 1 is 0.947 bits per heavy atom. The Hall–Kier alpha value is -2.07. The van der Waals surface area contributed by atoms with Crippen LogP contribution in [0.4, 0.5) is 5.69 Å². The third-order valence-corrected chi connectivity index (χ3v) is 2.77. The average molecular weight is 280 g/mol. The highest BCUT2D eigenvalue weighted by Gasteiger charge is 2.11. The zero-order chi connectivity index (χ0) is 13.8. The van der Waals surface area contributed by atoms with Gasteiger partial charge in [-0.25, -0.2) is 0 Å². The van der Waals surface area contributed by atoms with Crippen molar-refractivity contribution in [2.24, 2.45) is 0 Å². The second kappa shape index (κ2) is 5.71. The van der Waals surface area contributed by atoms with Crippen molar-refractivity contribution in [3.63, 3.8) is 0 Å². The monoisotopic (exact) mass is 279 g/mol. The van der Waals surface area contributed by atoms with Crippen molar-refractivity contribution in [2.45, 2.75) is 0 Å². The molecule has 0 saturated carbocycles. The normalized spacial score (nSPS) is 10.1. The first kappa shape index (κ1) is 13.4. The number of rotatable bonds is 4. The number of hydrogen-bond donors (Lipinski definition) is 1. The van der Waals surface area contributed by atoms with Crippen LogP contribution in [0.25, 0.3) is 0 Å². The predicted molar refractivity (Wildman–Crippen MR) is 75.5 cm³/mol. The molecule has 0 fully saturated rings. The van der Waals surface area contributed by atoms with Gasteiger partial charge in [0.15, 0.2) is 17.2 Å². The highest BCUT2D eigenvalue weighted by atomic mass is 35.5. The molecule has 0 aromatic heterocycles. The van der Waals surface area contributed by atoms with Gasteiger partial charge in [0.25, 0.3) is 0 Å². The van der Waals surface area contributed by atoms with Gasteiger partial charge in [-0.1, -0.05) is 17.7 Å². The fraction of sp³-hybridized carbons (Fsp3) is 0.143. The van der Waals surface area contributed by atoms with E-state index in [0.717, 1.165) is 0 Å². The van der Waals surface area contributed by atoms with Crippen LogP contribution in [0, 0.1) is 0 Å². The minimum absolute atomic E-state index is 0.456. The lowest BCUT2D eigenvalue weighted by Crippen LogP contribution is -1.96. The van der Waals surface area contributed by atoms with Gasteiger partial charge in [-0.3, -0.25) is 0 Å². The summed E-state index contributed by atoms with van der Waals surface area (Å²) in [5.41, 5.74) is 6.37. The largest absolute Gasteiger partial charge is 0.493 e. The SMILES string of the molecule is COc1cc(N)c(Oc2cccc(Cl)c2)cc1OC. The van der Waals surface area contributed by atoms with Crippen LogP contribution >= 0.6 is 11.6 Å². The van der Waals surface area contributed by atoms with E-state index >= 15 is 0 Å². The lowest BCUT2D eigenvalue weighted by atomic mass is 10.2. The third-order valence-electron chi connectivity index (χ3n) is 2.54. The molecule has 0 bridgehead atoms. The lowest BCUT2D eigenvalue weighted by Gasteiger charge is -2.13. The predicted octanol–water partition coefficient (Wildman–Crippen LogP) is 3.73. The van der Waals surface area contributed by atoms with E-state index in [1.807, 2.05) is 0 Å². The molecule has 100 valence electrons. The van der Waals surface area contributed by atoms with Gasteiger partial charge in [-0.2, -0.15) is 0 Å². The van der Waals surface area contributed by atoms with Crippen LogP contribution in [0.15, 0.2) is 36.4 Å². The van der Waals surface area contributed by atoms with Crippen LogP contribution in [-0.4, -0.2) is 14.2 Å². The summed E-state index contributed by atoms with van der Waals surface area (Å²) in [6.45, 7) is 0. The Balaban J connectivity index is 2.35. The number of hydrogen-bond acceptors (Lipinski definition) is 4. The molecule has 0 radical (unpaired) electrons. The average Bonchev–Trinajstić information content (AvgIpc) is 2.40. The number of halogens is 1. The molecular weight excluding hydrogens is 266 g/mol. The zero-order valence-electron chi connectivity index (χ0n) is 10.6. The maximum Gasteiger partial charge on any atom is 0.164 e. The maximum atomic E-state index is 5.91. The lowest BCUT2D eigenvalue weighted by molar-refractivity contribution is 0.352. The van der Waals surface area contributed by atoms with Gasteiger partial charge in [-0.15, -0.1) is 0 Å². The molecule has 2 aromatic carbocycles. The van der Waals surface area contributed by atoms with E-state index in [2.05, 4.69) is 0 Å². The quantitative estimate of drug-likeness (QED) is 0.867. The Kier molecular flexibility index (Phi) is 4.02. The van der Waals surface area contributed by atoms with E-state index in [9.17, 15) is 0 Å². The van der Waals surface area contributed by atoms with Crippen molar-refractivity contribution in [2.75, 3.05) is 20.0 Å².